The molecular weight excluding hydrogens is 274 g/mol. The second kappa shape index (κ2) is 4.97. The summed E-state index contributed by atoms with van der Waals surface area (Å²) in [6, 6.07) is 5.90. The van der Waals surface area contributed by atoms with E-state index in [1.165, 1.54) is 25.1 Å². The van der Waals surface area contributed by atoms with Crippen LogP contribution in [0.1, 0.15) is 15.9 Å². The molecule has 0 atom stereocenters. The SMILES string of the molecule is Cc1cc(C(=O)O)c(-c2cc(Cl)ccc2F)cc1F. The molecule has 0 aliphatic carbocycles. The molecule has 0 aliphatic rings. The van der Waals surface area contributed by atoms with Crippen LogP contribution in [-0.2, 0) is 0 Å². The molecule has 98 valence electrons. The van der Waals surface area contributed by atoms with E-state index in [9.17, 15) is 13.6 Å². The number of aryl methyl sites for hydroxylation is 1. The Morgan fingerprint density at radius 1 is 1.11 bits per heavy atom. The molecule has 5 heteroatoms. The van der Waals surface area contributed by atoms with Crippen molar-refractivity contribution in [3.05, 3.63) is 58.1 Å². The van der Waals surface area contributed by atoms with Crippen molar-refractivity contribution in [1.82, 2.24) is 0 Å². The van der Waals surface area contributed by atoms with E-state index in [1.807, 2.05) is 0 Å². The third kappa shape index (κ3) is 2.58. The lowest BCUT2D eigenvalue weighted by Crippen LogP contribution is -2.03. The minimum atomic E-state index is -1.25. The van der Waals surface area contributed by atoms with Gasteiger partial charge in [-0.1, -0.05) is 11.6 Å². The maximum absolute atomic E-state index is 13.8. The van der Waals surface area contributed by atoms with Gasteiger partial charge in [-0.15, -0.1) is 0 Å². The van der Waals surface area contributed by atoms with Crippen molar-refractivity contribution in [2.24, 2.45) is 0 Å². The van der Waals surface area contributed by atoms with E-state index in [0.29, 0.717) is 0 Å². The van der Waals surface area contributed by atoms with Gasteiger partial charge in [-0.05, 0) is 42.8 Å². The Hall–Kier alpha value is -1.94. The van der Waals surface area contributed by atoms with Gasteiger partial charge in [0.25, 0.3) is 0 Å². The predicted octanol–water partition coefficient (Wildman–Crippen LogP) is 4.29. The number of hydrogen-bond donors (Lipinski definition) is 1. The van der Waals surface area contributed by atoms with E-state index in [1.54, 1.807) is 0 Å². The zero-order valence-electron chi connectivity index (χ0n) is 9.88. The average molecular weight is 283 g/mol. The summed E-state index contributed by atoms with van der Waals surface area (Å²) in [4.78, 5) is 11.2. The molecule has 0 unspecified atom stereocenters. The molecular formula is C14H9ClF2O2. The standard InChI is InChI=1S/C14H9ClF2O2/c1-7-4-11(14(18)19)9(6-13(7)17)10-5-8(15)2-3-12(10)16/h2-6H,1H3,(H,18,19). The number of hydrogen-bond acceptors (Lipinski definition) is 1. The minimum absolute atomic E-state index is 0.0319. The van der Waals surface area contributed by atoms with Gasteiger partial charge in [0.15, 0.2) is 0 Å². The van der Waals surface area contributed by atoms with E-state index in [0.717, 1.165) is 12.1 Å². The number of carboxylic acids is 1. The van der Waals surface area contributed by atoms with Crippen molar-refractivity contribution in [3.63, 3.8) is 0 Å². The van der Waals surface area contributed by atoms with Gasteiger partial charge in [-0.3, -0.25) is 0 Å². The quantitative estimate of drug-likeness (QED) is 0.892. The molecule has 0 saturated carbocycles. The van der Waals surface area contributed by atoms with Crippen LogP contribution in [0, 0.1) is 18.6 Å². The topological polar surface area (TPSA) is 37.3 Å². The zero-order valence-corrected chi connectivity index (χ0v) is 10.6. The molecule has 2 nitrogen and oxygen atoms in total. The summed E-state index contributed by atoms with van der Waals surface area (Å²) in [5, 5.41) is 9.37. The van der Waals surface area contributed by atoms with Crippen molar-refractivity contribution in [2.75, 3.05) is 0 Å². The smallest absolute Gasteiger partial charge is 0.336 e. The molecule has 0 aromatic heterocycles. The number of carboxylic acid groups (broad SMARTS) is 1. The summed E-state index contributed by atoms with van der Waals surface area (Å²) in [7, 11) is 0. The number of benzene rings is 2. The largest absolute Gasteiger partial charge is 0.478 e. The second-order valence-corrected chi connectivity index (χ2v) is 4.51. The Bertz CT molecular complexity index is 669. The van der Waals surface area contributed by atoms with E-state index in [2.05, 4.69) is 0 Å². The van der Waals surface area contributed by atoms with Crippen LogP contribution in [0.25, 0.3) is 11.1 Å². The normalized spacial score (nSPS) is 10.5. The van der Waals surface area contributed by atoms with Crippen LogP contribution in [0.4, 0.5) is 8.78 Å². The third-order valence-corrected chi connectivity index (χ3v) is 2.98. The van der Waals surface area contributed by atoms with Gasteiger partial charge in [0.1, 0.15) is 11.6 Å². The molecule has 0 radical (unpaired) electrons. The molecule has 0 amide bonds. The highest BCUT2D eigenvalue weighted by Crippen LogP contribution is 2.30. The number of aromatic carboxylic acids is 1. The molecule has 2 aromatic rings. The van der Waals surface area contributed by atoms with Crippen LogP contribution in [0.15, 0.2) is 30.3 Å². The summed E-state index contributed by atoms with van der Waals surface area (Å²) in [6.45, 7) is 1.44. The fourth-order valence-corrected chi connectivity index (χ4v) is 1.96. The maximum Gasteiger partial charge on any atom is 0.336 e. The van der Waals surface area contributed by atoms with E-state index >= 15 is 0 Å². The lowest BCUT2D eigenvalue weighted by atomic mass is 9.97. The first-order valence-electron chi connectivity index (χ1n) is 5.39. The highest BCUT2D eigenvalue weighted by atomic mass is 35.5. The van der Waals surface area contributed by atoms with Crippen molar-refractivity contribution in [3.8, 4) is 11.1 Å². The summed E-state index contributed by atoms with van der Waals surface area (Å²) < 4.78 is 27.3. The Morgan fingerprint density at radius 2 is 1.79 bits per heavy atom. The van der Waals surface area contributed by atoms with E-state index in [-0.39, 0.29) is 27.3 Å². The molecule has 0 fully saturated rings. The molecule has 0 aliphatic heterocycles. The summed E-state index contributed by atoms with van der Waals surface area (Å²) >= 11 is 5.76. The Balaban J connectivity index is 2.77. The fraction of sp³-hybridized carbons (Fsp3) is 0.0714. The Morgan fingerprint density at radius 3 is 2.42 bits per heavy atom. The van der Waals surface area contributed by atoms with Crippen LogP contribution in [0.3, 0.4) is 0 Å². The lowest BCUT2D eigenvalue weighted by Gasteiger charge is -2.10. The molecule has 0 heterocycles. The summed E-state index contributed by atoms with van der Waals surface area (Å²) in [5.74, 6) is -2.51. The van der Waals surface area contributed by atoms with E-state index in [4.69, 9.17) is 16.7 Å². The van der Waals surface area contributed by atoms with Crippen LogP contribution in [-0.4, -0.2) is 11.1 Å². The summed E-state index contributed by atoms with van der Waals surface area (Å²) in [6.07, 6.45) is 0. The molecule has 19 heavy (non-hydrogen) atoms. The monoisotopic (exact) mass is 282 g/mol. The molecule has 0 spiro atoms. The van der Waals surface area contributed by atoms with Crippen molar-refractivity contribution >= 4 is 17.6 Å². The molecule has 0 bridgehead atoms. The predicted molar refractivity (Wildman–Crippen MR) is 68.5 cm³/mol. The molecule has 2 aromatic carbocycles. The van der Waals surface area contributed by atoms with Crippen molar-refractivity contribution < 1.29 is 18.7 Å². The second-order valence-electron chi connectivity index (χ2n) is 4.08. The van der Waals surface area contributed by atoms with Gasteiger partial charge < -0.3 is 5.11 Å². The van der Waals surface area contributed by atoms with Gasteiger partial charge in [0.2, 0.25) is 0 Å². The average Bonchev–Trinajstić information content (AvgIpc) is 2.35. The number of halogens is 3. The number of carbonyl (C=O) groups is 1. The van der Waals surface area contributed by atoms with Crippen LogP contribution in [0.5, 0.6) is 0 Å². The molecule has 2 rings (SSSR count). The van der Waals surface area contributed by atoms with Crippen LogP contribution in [0.2, 0.25) is 5.02 Å². The van der Waals surface area contributed by atoms with Gasteiger partial charge in [-0.2, -0.15) is 0 Å². The first-order chi connectivity index (χ1) is 8.90. The number of rotatable bonds is 2. The Kier molecular flexibility index (Phi) is 3.53. The van der Waals surface area contributed by atoms with Gasteiger partial charge in [0, 0.05) is 16.1 Å². The minimum Gasteiger partial charge on any atom is -0.478 e. The first kappa shape index (κ1) is 13.5. The van der Waals surface area contributed by atoms with Crippen LogP contribution < -0.4 is 0 Å². The summed E-state index contributed by atoms with van der Waals surface area (Å²) in [5.41, 5.74) is -0.0527. The lowest BCUT2D eigenvalue weighted by molar-refractivity contribution is 0.0697. The fourth-order valence-electron chi connectivity index (χ4n) is 1.79. The first-order valence-corrected chi connectivity index (χ1v) is 5.77. The maximum atomic E-state index is 13.8. The highest BCUT2D eigenvalue weighted by Gasteiger charge is 2.17. The molecule has 0 saturated heterocycles. The van der Waals surface area contributed by atoms with Gasteiger partial charge >= 0.3 is 5.97 Å². The highest BCUT2D eigenvalue weighted by molar-refractivity contribution is 6.30. The van der Waals surface area contributed by atoms with Crippen molar-refractivity contribution in [1.29, 1.82) is 0 Å². The third-order valence-electron chi connectivity index (χ3n) is 2.75. The van der Waals surface area contributed by atoms with Gasteiger partial charge in [-0.25, -0.2) is 13.6 Å². The van der Waals surface area contributed by atoms with Crippen LogP contribution >= 0.6 is 11.6 Å². The molecule has 1 N–H and O–H groups in total. The Labute approximate surface area is 113 Å². The van der Waals surface area contributed by atoms with Gasteiger partial charge in [0.05, 0.1) is 5.56 Å². The zero-order chi connectivity index (χ0) is 14.2. The van der Waals surface area contributed by atoms with Crippen molar-refractivity contribution in [2.45, 2.75) is 6.92 Å². The van der Waals surface area contributed by atoms with E-state index < -0.39 is 17.6 Å².